The van der Waals surface area contributed by atoms with E-state index in [1.54, 1.807) is 25.1 Å². The molecule has 182 valence electrons. The van der Waals surface area contributed by atoms with Gasteiger partial charge in [0.1, 0.15) is 11.2 Å². The van der Waals surface area contributed by atoms with Gasteiger partial charge in [-0.3, -0.25) is 14.5 Å². The summed E-state index contributed by atoms with van der Waals surface area (Å²) in [5.41, 5.74) is -0.935. The van der Waals surface area contributed by atoms with Gasteiger partial charge in [-0.05, 0) is 39.3 Å². The monoisotopic (exact) mass is 472 g/mol. The molecular weight excluding hydrogens is 444 g/mol. The lowest BCUT2D eigenvalue weighted by molar-refractivity contribution is -0.126. The largest absolute Gasteiger partial charge is 0.464 e. The first-order valence-electron chi connectivity index (χ1n) is 11.0. The maximum Gasteiger partial charge on any atom is 0.359 e. The predicted molar refractivity (Wildman–Crippen MR) is 120 cm³/mol. The van der Waals surface area contributed by atoms with E-state index in [0.717, 1.165) is 0 Å². The molecule has 2 aliphatic heterocycles. The van der Waals surface area contributed by atoms with Crippen LogP contribution in [0.15, 0.2) is 24.5 Å². The average molecular weight is 472 g/mol. The van der Waals surface area contributed by atoms with Crippen LogP contribution < -0.4 is 19.7 Å². The van der Waals surface area contributed by atoms with Gasteiger partial charge in [-0.25, -0.2) is 9.78 Å². The van der Waals surface area contributed by atoms with Crippen LogP contribution in [0.5, 0.6) is 11.5 Å². The summed E-state index contributed by atoms with van der Waals surface area (Å²) in [5.74, 6) is -0.618. The number of fused-ring (bicyclic) bond motifs is 2. The van der Waals surface area contributed by atoms with E-state index < -0.39 is 17.4 Å². The third-order valence-corrected chi connectivity index (χ3v) is 5.76. The second-order valence-corrected chi connectivity index (χ2v) is 8.54. The summed E-state index contributed by atoms with van der Waals surface area (Å²) in [6, 6.07) is 5.00. The van der Waals surface area contributed by atoms with Crippen molar-refractivity contribution in [3.8, 4) is 11.5 Å². The number of benzene rings is 1. The molecule has 2 aliphatic rings. The molecule has 0 aliphatic carbocycles. The summed E-state index contributed by atoms with van der Waals surface area (Å²) >= 11 is 0. The van der Waals surface area contributed by atoms with E-state index in [-0.39, 0.29) is 36.7 Å². The number of carbonyl (C=O) groups is 3. The Balaban J connectivity index is 1.68. The number of anilines is 1. The molecule has 1 aromatic heterocycles. The van der Waals surface area contributed by atoms with Crippen molar-refractivity contribution in [3.05, 3.63) is 35.9 Å². The van der Waals surface area contributed by atoms with Crippen LogP contribution in [0.2, 0.25) is 0 Å². The molecule has 0 radical (unpaired) electrons. The van der Waals surface area contributed by atoms with E-state index in [1.807, 2.05) is 13.8 Å². The highest BCUT2D eigenvalue weighted by atomic mass is 16.7. The van der Waals surface area contributed by atoms with Gasteiger partial charge in [-0.15, -0.1) is 0 Å². The lowest BCUT2D eigenvalue weighted by atomic mass is 9.93. The van der Waals surface area contributed by atoms with E-state index in [4.69, 9.17) is 18.9 Å². The van der Waals surface area contributed by atoms with Crippen molar-refractivity contribution in [2.24, 2.45) is 0 Å². The van der Waals surface area contributed by atoms with Crippen molar-refractivity contribution in [2.45, 2.75) is 45.4 Å². The number of hydrogen-bond acceptors (Lipinski definition) is 8. The molecule has 2 aromatic rings. The minimum atomic E-state index is -1.31. The van der Waals surface area contributed by atoms with Gasteiger partial charge in [-0.2, -0.15) is 0 Å². The molecular formula is C23H28N4O7. The highest BCUT2D eigenvalue weighted by Gasteiger charge is 2.50. The highest BCUT2D eigenvalue weighted by molar-refractivity contribution is 6.15. The Morgan fingerprint density at radius 3 is 2.76 bits per heavy atom. The molecule has 0 saturated heterocycles. The number of esters is 1. The van der Waals surface area contributed by atoms with Gasteiger partial charge in [0, 0.05) is 24.9 Å². The number of amides is 2. The Morgan fingerprint density at radius 1 is 1.26 bits per heavy atom. The van der Waals surface area contributed by atoms with Crippen molar-refractivity contribution in [1.29, 1.82) is 0 Å². The average Bonchev–Trinajstić information content (AvgIpc) is 3.44. The Kier molecular flexibility index (Phi) is 6.47. The van der Waals surface area contributed by atoms with Gasteiger partial charge in [0.25, 0.3) is 5.91 Å². The molecule has 1 atom stereocenters. The van der Waals surface area contributed by atoms with Crippen LogP contribution in [0.25, 0.3) is 0 Å². The van der Waals surface area contributed by atoms with E-state index in [2.05, 4.69) is 10.3 Å². The molecule has 1 unspecified atom stereocenters. The number of imidazole rings is 1. The normalized spacial score (nSPS) is 18.7. The number of methoxy groups -OCH3 is 1. The number of nitrogens with zero attached hydrogens (tertiary/aromatic N) is 3. The molecule has 11 heteroatoms. The summed E-state index contributed by atoms with van der Waals surface area (Å²) in [7, 11) is 1.22. The molecule has 1 aromatic carbocycles. The summed E-state index contributed by atoms with van der Waals surface area (Å²) in [6.07, 6.45) is 2.11. The van der Waals surface area contributed by atoms with Crippen LogP contribution in [0.4, 0.5) is 5.69 Å². The Morgan fingerprint density at radius 2 is 2.03 bits per heavy atom. The quantitative estimate of drug-likeness (QED) is 0.456. The van der Waals surface area contributed by atoms with Gasteiger partial charge in [-0.1, -0.05) is 0 Å². The Bertz CT molecular complexity index is 1110. The zero-order valence-electron chi connectivity index (χ0n) is 19.6. The van der Waals surface area contributed by atoms with Gasteiger partial charge in [0.15, 0.2) is 17.2 Å². The third kappa shape index (κ3) is 4.18. The number of aromatic nitrogens is 2. The van der Waals surface area contributed by atoms with Crippen LogP contribution in [-0.2, 0) is 20.8 Å². The van der Waals surface area contributed by atoms with Crippen LogP contribution in [0, 0.1) is 0 Å². The number of carbonyl (C=O) groups excluding carboxylic acids is 3. The fourth-order valence-electron chi connectivity index (χ4n) is 4.09. The van der Waals surface area contributed by atoms with Crippen LogP contribution in [-0.4, -0.2) is 66.0 Å². The number of ether oxygens (including phenoxy) is 4. The lowest BCUT2D eigenvalue weighted by Gasteiger charge is -2.43. The summed E-state index contributed by atoms with van der Waals surface area (Å²) in [6.45, 7) is 6.62. The second kappa shape index (κ2) is 9.34. The smallest absolute Gasteiger partial charge is 0.359 e. The molecule has 3 heterocycles. The van der Waals surface area contributed by atoms with Gasteiger partial charge in [0.2, 0.25) is 12.7 Å². The summed E-state index contributed by atoms with van der Waals surface area (Å²) in [5, 5.41) is 2.92. The second-order valence-electron chi connectivity index (χ2n) is 8.54. The number of hydrogen-bond donors (Lipinski definition) is 1. The molecule has 34 heavy (non-hydrogen) atoms. The predicted octanol–water partition coefficient (Wildman–Crippen LogP) is 1.75. The molecule has 0 saturated carbocycles. The fourth-order valence-corrected chi connectivity index (χ4v) is 4.09. The van der Waals surface area contributed by atoms with E-state index in [9.17, 15) is 14.4 Å². The third-order valence-electron chi connectivity index (χ3n) is 5.76. The molecule has 11 nitrogen and oxygen atoms in total. The fraction of sp³-hybridized carbons (Fsp3) is 0.478. The minimum absolute atomic E-state index is 0.0557. The first-order chi connectivity index (χ1) is 16.3. The number of nitrogens with one attached hydrogen (secondary N) is 1. The standard InChI is InChI=1S/C23H28N4O7/c1-14(2)32-9-5-8-24-22(30)23(3)11-26-12-25-18(21(29)31-4)19(26)20(28)27(23)15-6-7-16-17(10-15)34-13-33-16/h6-7,10,12,14H,5,8-9,11,13H2,1-4H3,(H,24,30). The molecule has 4 rings (SSSR count). The SMILES string of the molecule is COC(=O)c1ncn2c1C(=O)N(c1ccc3c(c1)OCO3)C(C)(C(=O)NCCCOC(C)C)C2. The van der Waals surface area contributed by atoms with Crippen molar-refractivity contribution in [2.75, 3.05) is 32.0 Å². The summed E-state index contributed by atoms with van der Waals surface area (Å²) in [4.78, 5) is 44.9. The molecule has 1 N–H and O–H groups in total. The number of rotatable bonds is 8. The van der Waals surface area contributed by atoms with E-state index in [1.165, 1.54) is 22.9 Å². The first kappa shape index (κ1) is 23.6. The molecule has 2 amide bonds. The Labute approximate surface area is 196 Å². The van der Waals surface area contributed by atoms with Crippen molar-refractivity contribution in [3.63, 3.8) is 0 Å². The van der Waals surface area contributed by atoms with Gasteiger partial charge < -0.3 is 28.8 Å². The minimum Gasteiger partial charge on any atom is -0.464 e. The van der Waals surface area contributed by atoms with Crippen LogP contribution in [0.3, 0.4) is 0 Å². The van der Waals surface area contributed by atoms with Crippen molar-refractivity contribution in [1.82, 2.24) is 14.9 Å². The van der Waals surface area contributed by atoms with E-state index >= 15 is 0 Å². The lowest BCUT2D eigenvalue weighted by Crippen LogP contribution is -2.64. The topological polar surface area (TPSA) is 121 Å². The maximum absolute atomic E-state index is 13.8. The van der Waals surface area contributed by atoms with Crippen LogP contribution in [0.1, 0.15) is 48.2 Å². The Hall–Kier alpha value is -3.60. The molecule has 0 bridgehead atoms. The zero-order chi connectivity index (χ0) is 24.5. The maximum atomic E-state index is 13.8. The molecule has 0 fully saturated rings. The highest BCUT2D eigenvalue weighted by Crippen LogP contribution is 2.40. The van der Waals surface area contributed by atoms with Gasteiger partial charge in [0.05, 0.1) is 26.1 Å². The summed E-state index contributed by atoms with van der Waals surface area (Å²) < 4.78 is 22.7. The van der Waals surface area contributed by atoms with Crippen molar-refractivity contribution >= 4 is 23.5 Å². The zero-order valence-corrected chi connectivity index (χ0v) is 19.6. The van der Waals surface area contributed by atoms with Crippen LogP contribution >= 0.6 is 0 Å². The van der Waals surface area contributed by atoms with Crippen molar-refractivity contribution < 1.29 is 33.3 Å². The first-order valence-corrected chi connectivity index (χ1v) is 11.0. The van der Waals surface area contributed by atoms with Gasteiger partial charge >= 0.3 is 5.97 Å². The van der Waals surface area contributed by atoms with E-state index in [0.29, 0.717) is 36.8 Å². The molecule has 0 spiro atoms.